The van der Waals surface area contributed by atoms with Gasteiger partial charge in [0, 0.05) is 12.6 Å². The molecule has 0 aliphatic carbocycles. The Hall–Kier alpha value is -2.63. The van der Waals surface area contributed by atoms with Crippen LogP contribution in [-0.2, 0) is 4.74 Å². The van der Waals surface area contributed by atoms with E-state index in [-0.39, 0.29) is 11.3 Å². The molecule has 2 aromatic rings. The highest BCUT2D eigenvalue weighted by atomic mass is 16.5. The predicted octanol–water partition coefficient (Wildman–Crippen LogP) is 1.49. The Balaban J connectivity index is 2.60. The van der Waals surface area contributed by atoms with Crippen LogP contribution in [0, 0.1) is 0 Å². The van der Waals surface area contributed by atoms with E-state index in [0.29, 0.717) is 11.3 Å². The number of aromatic nitrogens is 1. The summed E-state index contributed by atoms with van der Waals surface area (Å²) in [4.78, 5) is 23.5. The molecule has 1 amide bonds. The molecule has 0 spiro atoms. The number of amides is 1. The summed E-state index contributed by atoms with van der Waals surface area (Å²) >= 11 is 0. The standard InChI is InChI=1S/C13H12N2O4/c1-14-12(16)9-10(8-6-4-3-5-7-8)15-19-11(9)13(17)18-2/h3-7H,1-2H3,(H,14,16). The van der Waals surface area contributed by atoms with Gasteiger partial charge in [-0.2, -0.15) is 0 Å². The molecule has 1 N–H and O–H groups in total. The van der Waals surface area contributed by atoms with Crippen molar-refractivity contribution in [1.29, 1.82) is 0 Å². The van der Waals surface area contributed by atoms with E-state index in [1.54, 1.807) is 24.3 Å². The molecule has 0 atom stereocenters. The van der Waals surface area contributed by atoms with Crippen molar-refractivity contribution in [2.24, 2.45) is 0 Å². The van der Waals surface area contributed by atoms with Crippen LogP contribution in [0.3, 0.4) is 0 Å². The lowest BCUT2D eigenvalue weighted by molar-refractivity contribution is 0.0550. The number of ether oxygens (including phenoxy) is 1. The largest absolute Gasteiger partial charge is 0.463 e. The van der Waals surface area contributed by atoms with Gasteiger partial charge in [-0.05, 0) is 0 Å². The minimum absolute atomic E-state index is 0.0700. The second kappa shape index (κ2) is 5.34. The van der Waals surface area contributed by atoms with Crippen molar-refractivity contribution >= 4 is 11.9 Å². The number of esters is 1. The summed E-state index contributed by atoms with van der Waals surface area (Å²) in [5.41, 5.74) is 1.06. The third kappa shape index (κ3) is 2.33. The number of benzene rings is 1. The van der Waals surface area contributed by atoms with Gasteiger partial charge >= 0.3 is 5.97 Å². The molecule has 0 fully saturated rings. The summed E-state index contributed by atoms with van der Waals surface area (Å²) in [6.45, 7) is 0. The lowest BCUT2D eigenvalue weighted by Gasteiger charge is -2.01. The van der Waals surface area contributed by atoms with E-state index < -0.39 is 11.9 Å². The van der Waals surface area contributed by atoms with Gasteiger partial charge < -0.3 is 14.6 Å². The maximum atomic E-state index is 11.9. The molecule has 0 unspecified atom stereocenters. The highest BCUT2D eigenvalue weighted by Crippen LogP contribution is 2.25. The second-order valence-electron chi connectivity index (χ2n) is 3.67. The zero-order valence-corrected chi connectivity index (χ0v) is 10.5. The lowest BCUT2D eigenvalue weighted by Crippen LogP contribution is -2.21. The molecule has 1 heterocycles. The number of hydrogen-bond donors (Lipinski definition) is 1. The molecule has 1 aromatic carbocycles. The number of nitrogens with one attached hydrogen (secondary N) is 1. The van der Waals surface area contributed by atoms with Gasteiger partial charge in [0.25, 0.3) is 11.7 Å². The van der Waals surface area contributed by atoms with E-state index in [2.05, 4.69) is 15.2 Å². The third-order valence-corrected chi connectivity index (χ3v) is 2.56. The Bertz CT molecular complexity index is 604. The molecule has 2 rings (SSSR count). The molecule has 0 aliphatic rings. The van der Waals surface area contributed by atoms with Crippen LogP contribution in [0.25, 0.3) is 11.3 Å². The quantitative estimate of drug-likeness (QED) is 0.845. The zero-order valence-electron chi connectivity index (χ0n) is 10.5. The van der Waals surface area contributed by atoms with Crippen LogP contribution >= 0.6 is 0 Å². The van der Waals surface area contributed by atoms with E-state index >= 15 is 0 Å². The highest BCUT2D eigenvalue weighted by molar-refractivity contribution is 6.07. The van der Waals surface area contributed by atoms with E-state index in [1.807, 2.05) is 6.07 Å². The normalized spacial score (nSPS) is 10.0. The third-order valence-electron chi connectivity index (χ3n) is 2.56. The van der Waals surface area contributed by atoms with Gasteiger partial charge in [0.1, 0.15) is 11.3 Å². The summed E-state index contributed by atoms with van der Waals surface area (Å²) in [7, 11) is 2.67. The first kappa shape index (κ1) is 12.8. The number of nitrogens with zero attached hydrogens (tertiary/aromatic N) is 1. The maximum Gasteiger partial charge on any atom is 0.377 e. The Labute approximate surface area is 109 Å². The van der Waals surface area contributed by atoms with Crippen molar-refractivity contribution in [1.82, 2.24) is 10.5 Å². The molecular weight excluding hydrogens is 248 g/mol. The van der Waals surface area contributed by atoms with Crippen LogP contribution in [0.1, 0.15) is 20.9 Å². The Kier molecular flexibility index (Phi) is 3.61. The van der Waals surface area contributed by atoms with Gasteiger partial charge in [0.15, 0.2) is 0 Å². The molecule has 0 saturated heterocycles. The first-order valence-electron chi connectivity index (χ1n) is 5.54. The van der Waals surface area contributed by atoms with Crippen molar-refractivity contribution in [3.63, 3.8) is 0 Å². The van der Waals surface area contributed by atoms with Crippen molar-refractivity contribution < 1.29 is 18.8 Å². The molecule has 0 bridgehead atoms. The summed E-state index contributed by atoms with van der Waals surface area (Å²) in [6, 6.07) is 8.98. The fourth-order valence-electron chi connectivity index (χ4n) is 1.65. The molecule has 19 heavy (non-hydrogen) atoms. The average molecular weight is 260 g/mol. The van der Waals surface area contributed by atoms with Crippen LogP contribution in [0.4, 0.5) is 0 Å². The van der Waals surface area contributed by atoms with Crippen LogP contribution in [0.2, 0.25) is 0 Å². The molecule has 6 nitrogen and oxygen atoms in total. The van der Waals surface area contributed by atoms with Crippen LogP contribution < -0.4 is 5.32 Å². The number of carbonyl (C=O) groups excluding carboxylic acids is 2. The fourth-order valence-corrected chi connectivity index (χ4v) is 1.65. The topological polar surface area (TPSA) is 81.4 Å². The van der Waals surface area contributed by atoms with Gasteiger partial charge in [-0.1, -0.05) is 35.5 Å². The highest BCUT2D eigenvalue weighted by Gasteiger charge is 2.28. The number of methoxy groups -OCH3 is 1. The molecular formula is C13H12N2O4. The maximum absolute atomic E-state index is 11.9. The number of hydrogen-bond acceptors (Lipinski definition) is 5. The number of carbonyl (C=O) groups is 2. The van der Waals surface area contributed by atoms with E-state index in [9.17, 15) is 9.59 Å². The molecule has 1 aromatic heterocycles. The SMILES string of the molecule is CNC(=O)c1c(-c2ccccc2)noc1C(=O)OC. The lowest BCUT2D eigenvalue weighted by atomic mass is 10.1. The fraction of sp³-hybridized carbons (Fsp3) is 0.154. The van der Waals surface area contributed by atoms with Crippen LogP contribution in [-0.4, -0.2) is 31.2 Å². The monoisotopic (exact) mass is 260 g/mol. The first-order chi connectivity index (χ1) is 9.19. The Morgan fingerprint density at radius 3 is 2.53 bits per heavy atom. The number of rotatable bonds is 3. The minimum atomic E-state index is -0.742. The average Bonchev–Trinajstić information content (AvgIpc) is 2.91. The van der Waals surface area contributed by atoms with Gasteiger partial charge in [0.2, 0.25) is 0 Å². The van der Waals surface area contributed by atoms with Crippen LogP contribution in [0.15, 0.2) is 34.9 Å². The summed E-state index contributed by atoms with van der Waals surface area (Å²) in [5, 5.41) is 6.24. The van der Waals surface area contributed by atoms with Gasteiger partial charge in [-0.15, -0.1) is 0 Å². The molecule has 98 valence electrons. The van der Waals surface area contributed by atoms with Gasteiger partial charge in [-0.25, -0.2) is 4.79 Å². The summed E-state index contributed by atoms with van der Waals surface area (Å²) in [6.07, 6.45) is 0. The van der Waals surface area contributed by atoms with Gasteiger partial charge in [0.05, 0.1) is 7.11 Å². The molecule has 0 radical (unpaired) electrons. The molecule has 0 aliphatic heterocycles. The first-order valence-corrected chi connectivity index (χ1v) is 5.54. The summed E-state index contributed by atoms with van der Waals surface area (Å²) in [5.74, 6) is -1.41. The van der Waals surface area contributed by atoms with E-state index in [0.717, 1.165) is 0 Å². The Morgan fingerprint density at radius 2 is 1.95 bits per heavy atom. The van der Waals surface area contributed by atoms with Crippen molar-refractivity contribution in [2.45, 2.75) is 0 Å². The summed E-state index contributed by atoms with van der Waals surface area (Å²) < 4.78 is 9.51. The zero-order chi connectivity index (χ0) is 13.8. The van der Waals surface area contributed by atoms with Crippen molar-refractivity contribution in [3.05, 3.63) is 41.7 Å². The van der Waals surface area contributed by atoms with Crippen molar-refractivity contribution in [3.8, 4) is 11.3 Å². The Morgan fingerprint density at radius 1 is 1.26 bits per heavy atom. The van der Waals surface area contributed by atoms with E-state index in [1.165, 1.54) is 14.2 Å². The second-order valence-corrected chi connectivity index (χ2v) is 3.67. The molecule has 0 saturated carbocycles. The van der Waals surface area contributed by atoms with Crippen molar-refractivity contribution in [2.75, 3.05) is 14.2 Å². The van der Waals surface area contributed by atoms with Crippen LogP contribution in [0.5, 0.6) is 0 Å². The van der Waals surface area contributed by atoms with Gasteiger partial charge in [-0.3, -0.25) is 4.79 Å². The van der Waals surface area contributed by atoms with E-state index in [4.69, 9.17) is 4.52 Å². The minimum Gasteiger partial charge on any atom is -0.463 e. The smallest absolute Gasteiger partial charge is 0.377 e. The predicted molar refractivity (Wildman–Crippen MR) is 66.7 cm³/mol. The molecule has 6 heteroatoms.